The number of allylic oxidation sites excluding steroid dienone is 2. The molecule has 2 rings (SSSR count). The predicted molar refractivity (Wildman–Crippen MR) is 41.1 cm³/mol. The standard InChI is InChI=1S/C9H12O2/c1-9(8(10)11)5-6-2-3-7(9)4-6/h2-3,6-7H,4-5H2,1H3,(H,10,11)/t6-,7+,9?/m1/s1. The molecule has 1 fully saturated rings. The molecule has 60 valence electrons. The fourth-order valence-electron chi connectivity index (χ4n) is 2.34. The first-order valence-electron chi connectivity index (χ1n) is 4.04. The lowest BCUT2D eigenvalue weighted by Crippen LogP contribution is -2.31. The lowest BCUT2D eigenvalue weighted by atomic mass is 9.78. The van der Waals surface area contributed by atoms with Crippen molar-refractivity contribution in [2.45, 2.75) is 19.8 Å². The van der Waals surface area contributed by atoms with Gasteiger partial charge in [-0.2, -0.15) is 0 Å². The Kier molecular flexibility index (Phi) is 1.17. The second-order valence-corrected chi connectivity index (χ2v) is 3.91. The summed E-state index contributed by atoms with van der Waals surface area (Å²) < 4.78 is 0. The molecule has 0 aromatic carbocycles. The third-order valence-corrected chi connectivity index (χ3v) is 3.17. The summed E-state index contributed by atoms with van der Waals surface area (Å²) in [5, 5.41) is 8.96. The first kappa shape index (κ1) is 6.89. The van der Waals surface area contributed by atoms with Gasteiger partial charge in [-0.3, -0.25) is 4.79 Å². The molecule has 0 aromatic rings. The molecule has 0 amide bonds. The molecular formula is C9H12O2. The van der Waals surface area contributed by atoms with Gasteiger partial charge >= 0.3 is 5.97 Å². The van der Waals surface area contributed by atoms with Crippen molar-refractivity contribution in [1.82, 2.24) is 0 Å². The van der Waals surface area contributed by atoms with Gasteiger partial charge in [0.05, 0.1) is 5.41 Å². The zero-order valence-electron chi connectivity index (χ0n) is 6.58. The van der Waals surface area contributed by atoms with Gasteiger partial charge in [0.25, 0.3) is 0 Å². The lowest BCUT2D eigenvalue weighted by Gasteiger charge is -2.25. The van der Waals surface area contributed by atoms with Crippen molar-refractivity contribution < 1.29 is 9.90 Å². The minimum absolute atomic E-state index is 0.296. The Hall–Kier alpha value is -0.790. The van der Waals surface area contributed by atoms with Gasteiger partial charge in [-0.1, -0.05) is 12.2 Å². The molecular weight excluding hydrogens is 140 g/mol. The van der Waals surface area contributed by atoms with Crippen LogP contribution in [0, 0.1) is 17.3 Å². The van der Waals surface area contributed by atoms with Crippen LogP contribution >= 0.6 is 0 Å². The summed E-state index contributed by atoms with van der Waals surface area (Å²) in [6, 6.07) is 0. The molecule has 0 aromatic heterocycles. The molecule has 2 heteroatoms. The molecule has 2 nitrogen and oxygen atoms in total. The minimum Gasteiger partial charge on any atom is -0.481 e. The topological polar surface area (TPSA) is 37.3 Å². The highest BCUT2D eigenvalue weighted by atomic mass is 16.4. The van der Waals surface area contributed by atoms with Crippen LogP contribution in [0.5, 0.6) is 0 Å². The van der Waals surface area contributed by atoms with Crippen LogP contribution in [0.2, 0.25) is 0 Å². The van der Waals surface area contributed by atoms with Gasteiger partial charge < -0.3 is 5.11 Å². The number of hydrogen-bond acceptors (Lipinski definition) is 1. The number of carboxylic acids is 1. The molecule has 1 unspecified atom stereocenters. The zero-order valence-corrected chi connectivity index (χ0v) is 6.58. The van der Waals surface area contributed by atoms with E-state index in [9.17, 15) is 4.79 Å². The van der Waals surface area contributed by atoms with Crippen LogP contribution in [-0.4, -0.2) is 11.1 Å². The Labute approximate surface area is 65.9 Å². The van der Waals surface area contributed by atoms with Crippen LogP contribution in [0.3, 0.4) is 0 Å². The first-order chi connectivity index (χ1) is 5.13. The number of rotatable bonds is 1. The summed E-state index contributed by atoms with van der Waals surface area (Å²) >= 11 is 0. The smallest absolute Gasteiger partial charge is 0.309 e. The van der Waals surface area contributed by atoms with Crippen molar-refractivity contribution in [3.05, 3.63) is 12.2 Å². The van der Waals surface area contributed by atoms with Crippen LogP contribution in [0.15, 0.2) is 12.2 Å². The molecule has 0 radical (unpaired) electrons. The van der Waals surface area contributed by atoms with E-state index in [1.54, 1.807) is 0 Å². The van der Waals surface area contributed by atoms with Gasteiger partial charge in [-0.25, -0.2) is 0 Å². The molecule has 0 saturated heterocycles. The quantitative estimate of drug-likeness (QED) is 0.580. The number of fused-ring (bicyclic) bond motifs is 2. The third-order valence-electron chi connectivity index (χ3n) is 3.17. The highest BCUT2D eigenvalue weighted by Gasteiger charge is 2.50. The summed E-state index contributed by atoms with van der Waals surface area (Å²) in [5.74, 6) is 0.209. The van der Waals surface area contributed by atoms with E-state index in [1.165, 1.54) is 0 Å². The van der Waals surface area contributed by atoms with Crippen molar-refractivity contribution in [3.63, 3.8) is 0 Å². The van der Waals surface area contributed by atoms with E-state index in [1.807, 2.05) is 6.92 Å². The maximum absolute atomic E-state index is 10.9. The van der Waals surface area contributed by atoms with Crippen LogP contribution in [0.4, 0.5) is 0 Å². The van der Waals surface area contributed by atoms with E-state index in [4.69, 9.17) is 5.11 Å². The van der Waals surface area contributed by atoms with Crippen molar-refractivity contribution in [2.75, 3.05) is 0 Å². The molecule has 0 heterocycles. The molecule has 2 bridgehead atoms. The highest BCUT2D eigenvalue weighted by molar-refractivity contribution is 5.76. The summed E-state index contributed by atoms with van der Waals surface area (Å²) in [4.78, 5) is 10.9. The Morgan fingerprint density at radius 2 is 2.36 bits per heavy atom. The Balaban J connectivity index is 2.30. The molecule has 3 atom stereocenters. The Morgan fingerprint density at radius 3 is 2.64 bits per heavy atom. The van der Waals surface area contributed by atoms with Crippen molar-refractivity contribution in [3.8, 4) is 0 Å². The third kappa shape index (κ3) is 0.753. The maximum Gasteiger partial charge on any atom is 0.309 e. The molecule has 11 heavy (non-hydrogen) atoms. The van der Waals surface area contributed by atoms with Crippen molar-refractivity contribution in [2.24, 2.45) is 17.3 Å². The second-order valence-electron chi connectivity index (χ2n) is 3.91. The van der Waals surface area contributed by atoms with Gasteiger partial charge in [-0.05, 0) is 31.6 Å². The van der Waals surface area contributed by atoms with Crippen molar-refractivity contribution >= 4 is 5.97 Å². The Morgan fingerprint density at radius 1 is 1.64 bits per heavy atom. The maximum atomic E-state index is 10.9. The van der Waals surface area contributed by atoms with Gasteiger partial charge in [0, 0.05) is 0 Å². The largest absolute Gasteiger partial charge is 0.481 e. The summed E-state index contributed by atoms with van der Waals surface area (Å²) in [6.45, 7) is 1.86. The average Bonchev–Trinajstić information content (AvgIpc) is 2.45. The second kappa shape index (κ2) is 1.87. The average molecular weight is 152 g/mol. The molecule has 0 spiro atoms. The van der Waals surface area contributed by atoms with Gasteiger partial charge in [-0.15, -0.1) is 0 Å². The van der Waals surface area contributed by atoms with Gasteiger partial charge in [0.2, 0.25) is 0 Å². The zero-order chi connectivity index (χ0) is 8.06. The minimum atomic E-state index is -0.630. The number of carbonyl (C=O) groups is 1. The molecule has 2 aliphatic carbocycles. The Bertz CT molecular complexity index is 232. The summed E-state index contributed by atoms with van der Waals surface area (Å²) in [5.41, 5.74) is -0.459. The monoisotopic (exact) mass is 152 g/mol. The molecule has 2 aliphatic rings. The van der Waals surface area contributed by atoms with E-state index in [0.717, 1.165) is 12.8 Å². The lowest BCUT2D eigenvalue weighted by molar-refractivity contribution is -0.149. The summed E-state index contributed by atoms with van der Waals surface area (Å²) in [6.07, 6.45) is 6.13. The van der Waals surface area contributed by atoms with Gasteiger partial charge in [0.15, 0.2) is 0 Å². The van der Waals surface area contributed by atoms with E-state index >= 15 is 0 Å². The van der Waals surface area contributed by atoms with Crippen LogP contribution in [0.1, 0.15) is 19.8 Å². The molecule has 1 N–H and O–H groups in total. The normalized spacial score (nSPS) is 46.6. The van der Waals surface area contributed by atoms with E-state index in [0.29, 0.717) is 11.8 Å². The van der Waals surface area contributed by atoms with Crippen molar-refractivity contribution in [1.29, 1.82) is 0 Å². The fourth-order valence-corrected chi connectivity index (χ4v) is 2.34. The van der Waals surface area contributed by atoms with Crippen LogP contribution in [0.25, 0.3) is 0 Å². The number of aliphatic carboxylic acids is 1. The fraction of sp³-hybridized carbons (Fsp3) is 0.667. The van der Waals surface area contributed by atoms with E-state index in [2.05, 4.69) is 12.2 Å². The van der Waals surface area contributed by atoms with Gasteiger partial charge in [0.1, 0.15) is 0 Å². The van der Waals surface area contributed by atoms with E-state index < -0.39 is 11.4 Å². The summed E-state index contributed by atoms with van der Waals surface area (Å²) in [7, 11) is 0. The first-order valence-corrected chi connectivity index (χ1v) is 4.04. The predicted octanol–water partition coefficient (Wildman–Crippen LogP) is 1.67. The molecule has 1 saturated carbocycles. The molecule has 0 aliphatic heterocycles. The number of carboxylic acid groups (broad SMARTS) is 1. The highest BCUT2D eigenvalue weighted by Crippen LogP contribution is 2.51. The SMILES string of the molecule is CC1(C(=O)O)C[C@@H]2C=C[C@H]1C2. The number of hydrogen-bond donors (Lipinski definition) is 1. The van der Waals surface area contributed by atoms with E-state index in [-0.39, 0.29) is 0 Å². The van der Waals surface area contributed by atoms with Crippen LogP contribution in [-0.2, 0) is 4.79 Å². The van der Waals surface area contributed by atoms with Crippen LogP contribution < -0.4 is 0 Å².